The van der Waals surface area contributed by atoms with Crippen LogP contribution in [-0.2, 0) is 4.79 Å². The highest BCUT2D eigenvalue weighted by atomic mass is 35.5. The van der Waals surface area contributed by atoms with Crippen LogP contribution in [0.3, 0.4) is 0 Å². The summed E-state index contributed by atoms with van der Waals surface area (Å²) in [6, 6.07) is 14.6. The highest BCUT2D eigenvalue weighted by Crippen LogP contribution is 2.25. The van der Waals surface area contributed by atoms with E-state index in [0.29, 0.717) is 25.0 Å². The monoisotopic (exact) mass is 362 g/mol. The molecule has 4 nitrogen and oxygen atoms in total. The van der Waals surface area contributed by atoms with Crippen molar-refractivity contribution in [2.45, 2.75) is 32.2 Å². The van der Waals surface area contributed by atoms with Gasteiger partial charge in [-0.2, -0.15) is 0 Å². The van der Waals surface area contributed by atoms with E-state index in [1.165, 1.54) is 5.39 Å². The van der Waals surface area contributed by atoms with E-state index >= 15 is 0 Å². The molecule has 0 bridgehead atoms. The molecule has 1 amide bonds. The number of halogens is 1. The second-order valence-electron chi connectivity index (χ2n) is 6.57. The van der Waals surface area contributed by atoms with Crippen LogP contribution in [0.1, 0.15) is 26.2 Å². The zero-order valence-electron chi connectivity index (χ0n) is 14.7. The molecule has 2 unspecified atom stereocenters. The molecular weight excluding hydrogens is 336 g/mol. The quantitative estimate of drug-likeness (QED) is 0.773. The second-order valence-corrected chi connectivity index (χ2v) is 6.57. The lowest BCUT2D eigenvalue weighted by atomic mass is 9.95. The van der Waals surface area contributed by atoms with Gasteiger partial charge in [-0.25, -0.2) is 0 Å². The van der Waals surface area contributed by atoms with Crippen molar-refractivity contribution in [3.63, 3.8) is 0 Å². The first-order chi connectivity index (χ1) is 11.7. The predicted octanol–water partition coefficient (Wildman–Crippen LogP) is 3.53. The third-order valence-corrected chi connectivity index (χ3v) is 4.69. The lowest BCUT2D eigenvalue weighted by molar-refractivity contribution is -0.122. The molecule has 25 heavy (non-hydrogen) atoms. The van der Waals surface area contributed by atoms with E-state index in [4.69, 9.17) is 4.74 Å². The molecule has 1 aliphatic rings. The van der Waals surface area contributed by atoms with Crippen LogP contribution < -0.4 is 15.4 Å². The van der Waals surface area contributed by atoms with Crippen molar-refractivity contribution >= 4 is 29.1 Å². The maximum atomic E-state index is 12.1. The molecule has 3 rings (SSSR count). The van der Waals surface area contributed by atoms with Gasteiger partial charge in [0, 0.05) is 17.8 Å². The minimum absolute atomic E-state index is 0. The number of benzene rings is 2. The number of piperidine rings is 1. The highest BCUT2D eigenvalue weighted by molar-refractivity contribution is 5.88. The third-order valence-electron chi connectivity index (χ3n) is 4.69. The van der Waals surface area contributed by atoms with E-state index in [1.807, 2.05) is 24.3 Å². The number of ether oxygens (including phenoxy) is 1. The van der Waals surface area contributed by atoms with Crippen molar-refractivity contribution in [1.29, 1.82) is 0 Å². The van der Waals surface area contributed by atoms with E-state index in [9.17, 15) is 4.79 Å². The molecule has 1 heterocycles. The molecule has 0 aromatic heterocycles. The molecule has 0 radical (unpaired) electrons. The van der Waals surface area contributed by atoms with Gasteiger partial charge in [0.15, 0.2) is 0 Å². The average molecular weight is 363 g/mol. The van der Waals surface area contributed by atoms with Crippen molar-refractivity contribution < 1.29 is 9.53 Å². The predicted molar refractivity (Wildman–Crippen MR) is 105 cm³/mol. The van der Waals surface area contributed by atoms with Crippen LogP contribution in [-0.4, -0.2) is 31.6 Å². The number of hydrogen-bond acceptors (Lipinski definition) is 3. The normalized spacial score (nSPS) is 19.9. The fourth-order valence-corrected chi connectivity index (χ4v) is 3.24. The van der Waals surface area contributed by atoms with E-state index in [-0.39, 0.29) is 18.3 Å². The summed E-state index contributed by atoms with van der Waals surface area (Å²) in [5.74, 6) is 1.52. The number of fused-ring (bicyclic) bond motifs is 1. The largest absolute Gasteiger partial charge is 0.493 e. The second kappa shape index (κ2) is 9.64. The van der Waals surface area contributed by atoms with Gasteiger partial charge in [0.05, 0.1) is 6.61 Å². The van der Waals surface area contributed by atoms with Gasteiger partial charge in [0.1, 0.15) is 5.75 Å². The minimum Gasteiger partial charge on any atom is -0.493 e. The van der Waals surface area contributed by atoms with Gasteiger partial charge in [-0.3, -0.25) is 4.79 Å². The number of rotatable bonds is 6. The maximum Gasteiger partial charge on any atom is 0.220 e. The van der Waals surface area contributed by atoms with Gasteiger partial charge >= 0.3 is 0 Å². The lowest BCUT2D eigenvalue weighted by Gasteiger charge is -2.30. The molecule has 2 atom stereocenters. The first-order valence-electron chi connectivity index (χ1n) is 8.84. The highest BCUT2D eigenvalue weighted by Gasteiger charge is 2.22. The molecule has 5 heteroatoms. The molecule has 1 aliphatic heterocycles. The van der Waals surface area contributed by atoms with Crippen molar-refractivity contribution in [1.82, 2.24) is 10.6 Å². The van der Waals surface area contributed by atoms with Crippen LogP contribution >= 0.6 is 12.4 Å². The molecular formula is C20H27ClN2O2. The van der Waals surface area contributed by atoms with Gasteiger partial charge < -0.3 is 15.4 Å². The Labute approximate surface area is 155 Å². The Balaban J connectivity index is 0.00000225. The Hall–Kier alpha value is -1.78. The number of carbonyl (C=O) groups is 1. The Bertz CT molecular complexity index is 687. The fraction of sp³-hybridized carbons (Fsp3) is 0.450. The molecule has 1 fully saturated rings. The lowest BCUT2D eigenvalue weighted by Crippen LogP contribution is -2.48. The van der Waals surface area contributed by atoms with Crippen LogP contribution in [0.15, 0.2) is 42.5 Å². The molecule has 2 aromatic carbocycles. The molecule has 2 N–H and O–H groups in total. The van der Waals surface area contributed by atoms with Gasteiger partial charge in [0.25, 0.3) is 0 Å². The molecule has 2 aromatic rings. The zero-order valence-corrected chi connectivity index (χ0v) is 15.5. The van der Waals surface area contributed by atoms with Crippen LogP contribution in [0.25, 0.3) is 10.8 Å². The van der Waals surface area contributed by atoms with Gasteiger partial charge in [-0.1, -0.05) is 43.3 Å². The third kappa shape index (κ3) is 5.35. The Kier molecular flexibility index (Phi) is 7.53. The summed E-state index contributed by atoms with van der Waals surface area (Å²) in [6.07, 6.45) is 2.26. The van der Waals surface area contributed by atoms with Crippen molar-refractivity contribution in [3.8, 4) is 5.75 Å². The Morgan fingerprint density at radius 2 is 2.04 bits per heavy atom. The van der Waals surface area contributed by atoms with E-state index < -0.39 is 0 Å². The Morgan fingerprint density at radius 3 is 2.88 bits per heavy atom. The summed E-state index contributed by atoms with van der Waals surface area (Å²) >= 11 is 0. The van der Waals surface area contributed by atoms with Crippen molar-refractivity contribution in [2.24, 2.45) is 5.92 Å². The van der Waals surface area contributed by atoms with Gasteiger partial charge in [-0.05, 0) is 43.3 Å². The maximum absolute atomic E-state index is 12.1. The van der Waals surface area contributed by atoms with Crippen molar-refractivity contribution in [2.75, 3.05) is 19.7 Å². The van der Waals surface area contributed by atoms with Gasteiger partial charge in [0.2, 0.25) is 5.91 Å². The van der Waals surface area contributed by atoms with Crippen LogP contribution in [0.5, 0.6) is 5.75 Å². The zero-order chi connectivity index (χ0) is 16.8. The minimum atomic E-state index is 0. The number of amides is 1. The first kappa shape index (κ1) is 19.5. The van der Waals surface area contributed by atoms with Crippen LogP contribution in [0, 0.1) is 5.92 Å². The van der Waals surface area contributed by atoms with E-state index in [0.717, 1.165) is 37.1 Å². The number of nitrogens with one attached hydrogen (secondary N) is 2. The molecule has 0 saturated carbocycles. The number of hydrogen-bond donors (Lipinski definition) is 2. The Morgan fingerprint density at radius 1 is 1.24 bits per heavy atom. The van der Waals surface area contributed by atoms with E-state index in [1.54, 1.807) is 0 Å². The summed E-state index contributed by atoms with van der Waals surface area (Å²) in [5.41, 5.74) is 0. The smallest absolute Gasteiger partial charge is 0.220 e. The molecule has 1 saturated heterocycles. The molecule has 0 spiro atoms. The van der Waals surface area contributed by atoms with Crippen molar-refractivity contribution in [3.05, 3.63) is 42.5 Å². The summed E-state index contributed by atoms with van der Waals surface area (Å²) < 4.78 is 5.89. The SMILES string of the molecule is CC1CNCCC1NC(=O)CCCOc1cccc2ccccc12.Cl. The summed E-state index contributed by atoms with van der Waals surface area (Å²) in [5, 5.41) is 8.81. The standard InChI is InChI=1S/C20H26N2O2.ClH/c1-15-14-21-12-11-18(15)22-20(23)10-5-13-24-19-9-4-7-16-6-2-3-8-17(16)19;/h2-4,6-9,15,18,21H,5,10-14H2,1H3,(H,22,23);1H. The summed E-state index contributed by atoms with van der Waals surface area (Å²) in [7, 11) is 0. The fourth-order valence-electron chi connectivity index (χ4n) is 3.24. The van der Waals surface area contributed by atoms with Crippen LogP contribution in [0.4, 0.5) is 0 Å². The summed E-state index contributed by atoms with van der Waals surface area (Å²) in [6.45, 7) is 4.71. The summed E-state index contributed by atoms with van der Waals surface area (Å²) in [4.78, 5) is 12.1. The number of carbonyl (C=O) groups excluding carboxylic acids is 1. The topological polar surface area (TPSA) is 50.4 Å². The first-order valence-corrected chi connectivity index (χ1v) is 8.84. The molecule has 136 valence electrons. The van der Waals surface area contributed by atoms with Crippen LogP contribution in [0.2, 0.25) is 0 Å². The van der Waals surface area contributed by atoms with E-state index in [2.05, 4.69) is 35.8 Å². The van der Waals surface area contributed by atoms with Gasteiger partial charge in [-0.15, -0.1) is 12.4 Å². The molecule has 0 aliphatic carbocycles. The average Bonchev–Trinajstić information content (AvgIpc) is 2.61.